The van der Waals surface area contributed by atoms with E-state index in [9.17, 15) is 8.42 Å². The first kappa shape index (κ1) is 15.5. The van der Waals surface area contributed by atoms with Gasteiger partial charge in [-0.3, -0.25) is 0 Å². The summed E-state index contributed by atoms with van der Waals surface area (Å²) in [5, 5.41) is 0.666. The first-order valence-corrected chi connectivity index (χ1v) is 9.15. The summed E-state index contributed by atoms with van der Waals surface area (Å²) in [4.78, 5) is 4.49. The molecule has 1 atom stereocenters. The van der Waals surface area contributed by atoms with Gasteiger partial charge in [-0.25, -0.2) is 8.42 Å². The van der Waals surface area contributed by atoms with Crippen molar-refractivity contribution in [1.29, 1.82) is 0 Å². The zero-order valence-corrected chi connectivity index (χ0v) is 13.8. The van der Waals surface area contributed by atoms with Crippen molar-refractivity contribution in [2.24, 2.45) is 5.92 Å². The molecule has 0 spiro atoms. The number of nitrogens with zero attached hydrogens (tertiary/aromatic N) is 3. The highest BCUT2D eigenvalue weighted by molar-refractivity contribution is 7.91. The minimum absolute atomic E-state index is 0.0443. The maximum atomic E-state index is 12.1. The number of nitrogens with two attached hydrogens (primary N) is 1. The Labute approximate surface area is 124 Å². The summed E-state index contributed by atoms with van der Waals surface area (Å²) in [7, 11) is 0.691. The van der Waals surface area contributed by atoms with Crippen molar-refractivity contribution >= 4 is 32.2 Å². The van der Waals surface area contributed by atoms with Gasteiger partial charge in [-0.1, -0.05) is 6.92 Å². The Hall–Kier alpha value is -0.860. The molecule has 1 aliphatic heterocycles. The highest BCUT2D eigenvalue weighted by atomic mass is 32.2. The molecule has 20 heavy (non-hydrogen) atoms. The number of nitrogen functional groups attached to an aromatic ring is 1. The Kier molecular flexibility index (Phi) is 4.55. The van der Waals surface area contributed by atoms with Crippen molar-refractivity contribution in [3.63, 3.8) is 0 Å². The lowest BCUT2D eigenvalue weighted by Crippen LogP contribution is -2.27. The van der Waals surface area contributed by atoms with Gasteiger partial charge in [0.25, 0.3) is 0 Å². The van der Waals surface area contributed by atoms with Gasteiger partial charge in [0.05, 0.1) is 5.75 Å². The average molecular weight is 318 g/mol. The smallest absolute Gasteiger partial charge is 0.184 e. The van der Waals surface area contributed by atoms with Crippen LogP contribution in [0.25, 0.3) is 0 Å². The standard InChI is InChI=1S/C12H22N4O2S2/c1-4-20(17,18)10-11(13)14-19-12(10)16(3)8-9-5-6-15(2)7-9/h9H,4-8H2,1-3H3,(H2,13,14). The van der Waals surface area contributed by atoms with Gasteiger partial charge in [-0.05, 0) is 37.5 Å². The number of anilines is 2. The molecule has 0 amide bonds. The summed E-state index contributed by atoms with van der Waals surface area (Å²) < 4.78 is 28.3. The van der Waals surface area contributed by atoms with Gasteiger partial charge in [-0.2, -0.15) is 4.37 Å². The molecule has 1 unspecified atom stereocenters. The summed E-state index contributed by atoms with van der Waals surface area (Å²) in [5.41, 5.74) is 5.76. The predicted molar refractivity (Wildman–Crippen MR) is 83.1 cm³/mol. The van der Waals surface area contributed by atoms with Crippen LogP contribution in [-0.4, -0.2) is 57.2 Å². The van der Waals surface area contributed by atoms with Crippen LogP contribution in [-0.2, 0) is 9.84 Å². The van der Waals surface area contributed by atoms with Crippen molar-refractivity contribution in [2.45, 2.75) is 18.2 Å². The summed E-state index contributed by atoms with van der Waals surface area (Å²) in [6.45, 7) is 4.61. The van der Waals surface area contributed by atoms with Crippen LogP contribution < -0.4 is 10.6 Å². The van der Waals surface area contributed by atoms with E-state index in [1.165, 1.54) is 11.5 Å². The van der Waals surface area contributed by atoms with Crippen molar-refractivity contribution in [3.8, 4) is 0 Å². The molecule has 0 radical (unpaired) electrons. The number of hydrogen-bond donors (Lipinski definition) is 1. The molecular formula is C12H22N4O2S2. The zero-order valence-electron chi connectivity index (χ0n) is 12.2. The molecule has 0 aliphatic carbocycles. The number of sulfone groups is 1. The van der Waals surface area contributed by atoms with E-state index in [0.717, 1.165) is 26.1 Å². The van der Waals surface area contributed by atoms with Crippen molar-refractivity contribution in [1.82, 2.24) is 9.27 Å². The molecule has 1 aromatic rings. The van der Waals surface area contributed by atoms with Crippen molar-refractivity contribution in [3.05, 3.63) is 0 Å². The third-order valence-electron chi connectivity index (χ3n) is 3.72. The van der Waals surface area contributed by atoms with Crippen LogP contribution in [0.4, 0.5) is 10.8 Å². The molecule has 2 N–H and O–H groups in total. The van der Waals surface area contributed by atoms with E-state index in [2.05, 4.69) is 16.3 Å². The fourth-order valence-corrected chi connectivity index (χ4v) is 4.91. The quantitative estimate of drug-likeness (QED) is 0.869. The minimum atomic E-state index is -3.33. The highest BCUT2D eigenvalue weighted by Gasteiger charge is 2.28. The fraction of sp³-hybridized carbons (Fsp3) is 0.750. The Morgan fingerprint density at radius 2 is 2.25 bits per heavy atom. The van der Waals surface area contributed by atoms with Crippen LogP contribution in [0.5, 0.6) is 0 Å². The molecule has 6 nitrogen and oxygen atoms in total. The molecule has 1 aromatic heterocycles. The van der Waals surface area contributed by atoms with Crippen LogP contribution >= 0.6 is 11.5 Å². The SMILES string of the molecule is CCS(=O)(=O)c1c(N)nsc1N(C)CC1CCN(C)C1. The third-order valence-corrected chi connectivity index (χ3v) is 6.61. The van der Waals surface area contributed by atoms with Crippen LogP contribution in [0.2, 0.25) is 0 Å². The van der Waals surface area contributed by atoms with Crippen LogP contribution in [0.1, 0.15) is 13.3 Å². The minimum Gasteiger partial charge on any atom is -0.382 e. The van der Waals surface area contributed by atoms with E-state index in [1.54, 1.807) is 6.92 Å². The Morgan fingerprint density at radius 3 is 2.80 bits per heavy atom. The summed E-state index contributed by atoms with van der Waals surface area (Å²) >= 11 is 1.17. The summed E-state index contributed by atoms with van der Waals surface area (Å²) in [6.07, 6.45) is 1.14. The van der Waals surface area contributed by atoms with E-state index in [1.807, 2.05) is 11.9 Å². The normalized spacial score (nSPS) is 20.4. The lowest BCUT2D eigenvalue weighted by Gasteiger charge is -2.22. The van der Waals surface area contributed by atoms with E-state index in [0.29, 0.717) is 10.9 Å². The molecule has 0 aromatic carbocycles. The number of hydrogen-bond acceptors (Lipinski definition) is 7. The monoisotopic (exact) mass is 318 g/mol. The molecule has 1 aliphatic rings. The first-order chi connectivity index (χ1) is 9.35. The van der Waals surface area contributed by atoms with Gasteiger partial charge < -0.3 is 15.5 Å². The third kappa shape index (κ3) is 3.07. The molecule has 0 saturated carbocycles. The molecule has 114 valence electrons. The van der Waals surface area contributed by atoms with Gasteiger partial charge in [0.1, 0.15) is 9.90 Å². The maximum absolute atomic E-state index is 12.1. The average Bonchev–Trinajstić information content (AvgIpc) is 2.96. The second kappa shape index (κ2) is 5.87. The van der Waals surface area contributed by atoms with E-state index < -0.39 is 9.84 Å². The van der Waals surface area contributed by atoms with E-state index in [4.69, 9.17) is 5.73 Å². The first-order valence-electron chi connectivity index (χ1n) is 6.72. The molecule has 8 heteroatoms. The second-order valence-corrected chi connectivity index (χ2v) is 8.37. The molecular weight excluding hydrogens is 296 g/mol. The Morgan fingerprint density at radius 1 is 1.55 bits per heavy atom. The number of likely N-dealkylation sites (tertiary alicyclic amines) is 1. The predicted octanol–water partition coefficient (Wildman–Crippen LogP) is 0.907. The van der Waals surface area contributed by atoms with Gasteiger partial charge >= 0.3 is 0 Å². The van der Waals surface area contributed by atoms with Crippen molar-refractivity contribution < 1.29 is 8.42 Å². The van der Waals surface area contributed by atoms with Crippen LogP contribution in [0.3, 0.4) is 0 Å². The lowest BCUT2D eigenvalue weighted by molar-refractivity contribution is 0.396. The number of rotatable bonds is 5. The summed E-state index contributed by atoms with van der Waals surface area (Å²) in [5.74, 6) is 0.732. The van der Waals surface area contributed by atoms with Gasteiger partial charge in [0, 0.05) is 20.1 Å². The molecule has 2 heterocycles. The van der Waals surface area contributed by atoms with Crippen LogP contribution in [0.15, 0.2) is 4.90 Å². The fourth-order valence-electron chi connectivity index (χ4n) is 2.61. The molecule has 1 fully saturated rings. The highest BCUT2D eigenvalue weighted by Crippen LogP contribution is 2.35. The van der Waals surface area contributed by atoms with E-state index in [-0.39, 0.29) is 16.5 Å². The zero-order chi connectivity index (χ0) is 14.9. The van der Waals surface area contributed by atoms with Crippen molar-refractivity contribution in [2.75, 3.05) is 50.1 Å². The van der Waals surface area contributed by atoms with Gasteiger partial charge in [0.15, 0.2) is 15.7 Å². The Balaban J connectivity index is 2.20. The topological polar surface area (TPSA) is 79.5 Å². The molecule has 0 bridgehead atoms. The van der Waals surface area contributed by atoms with Gasteiger partial charge in [0.2, 0.25) is 0 Å². The maximum Gasteiger partial charge on any atom is 0.184 e. The molecule has 1 saturated heterocycles. The second-order valence-electron chi connectivity index (χ2n) is 5.40. The van der Waals surface area contributed by atoms with Crippen LogP contribution in [0, 0.1) is 5.92 Å². The Bertz CT molecular complexity index is 570. The van der Waals surface area contributed by atoms with E-state index >= 15 is 0 Å². The molecule has 2 rings (SSSR count). The number of aromatic nitrogens is 1. The lowest BCUT2D eigenvalue weighted by atomic mass is 10.1. The summed E-state index contributed by atoms with van der Waals surface area (Å²) in [6, 6.07) is 0. The largest absolute Gasteiger partial charge is 0.382 e. The van der Waals surface area contributed by atoms with Gasteiger partial charge in [-0.15, -0.1) is 0 Å².